The van der Waals surface area contributed by atoms with Crippen LogP contribution >= 0.6 is 0 Å². The van der Waals surface area contributed by atoms with Gasteiger partial charge in [0.05, 0.1) is 7.11 Å². The molecule has 0 atom stereocenters. The van der Waals surface area contributed by atoms with Gasteiger partial charge in [0.25, 0.3) is 5.91 Å². The smallest absolute Gasteiger partial charge is 0.252 e. The van der Waals surface area contributed by atoms with Crippen LogP contribution in [0.1, 0.15) is 25.8 Å². The first-order valence-corrected chi connectivity index (χ1v) is 5.63. The average molecular weight is 237 g/mol. The Morgan fingerprint density at radius 2 is 2.06 bits per heavy atom. The van der Waals surface area contributed by atoms with Crippen molar-refractivity contribution in [3.63, 3.8) is 0 Å². The van der Waals surface area contributed by atoms with Gasteiger partial charge in [-0.05, 0) is 30.5 Å². The highest BCUT2D eigenvalue weighted by atomic mass is 16.7. The lowest BCUT2D eigenvalue weighted by Crippen LogP contribution is -2.28. The number of hydrogen-bond acceptors (Lipinski definition) is 3. The maximum Gasteiger partial charge on any atom is 0.252 e. The second-order valence-corrected chi connectivity index (χ2v) is 4.38. The fourth-order valence-electron chi connectivity index (χ4n) is 1.38. The number of amides is 1. The molecule has 0 spiro atoms. The van der Waals surface area contributed by atoms with Crippen molar-refractivity contribution in [1.82, 2.24) is 5.48 Å². The van der Waals surface area contributed by atoms with Gasteiger partial charge >= 0.3 is 0 Å². The molecule has 17 heavy (non-hydrogen) atoms. The third-order valence-corrected chi connectivity index (χ3v) is 2.19. The van der Waals surface area contributed by atoms with E-state index >= 15 is 0 Å². The average Bonchev–Trinajstić information content (AvgIpc) is 2.26. The van der Waals surface area contributed by atoms with Crippen LogP contribution in [0.5, 0.6) is 11.5 Å². The van der Waals surface area contributed by atoms with Gasteiger partial charge in [0, 0.05) is 6.42 Å². The zero-order valence-corrected chi connectivity index (χ0v) is 10.7. The monoisotopic (exact) mass is 237 g/mol. The van der Waals surface area contributed by atoms with Gasteiger partial charge in [-0.1, -0.05) is 19.9 Å². The zero-order chi connectivity index (χ0) is 12.8. The maximum atomic E-state index is 11.4. The van der Waals surface area contributed by atoms with Gasteiger partial charge in [-0.25, -0.2) is 0 Å². The summed E-state index contributed by atoms with van der Waals surface area (Å²) in [5.41, 5.74) is 3.48. The van der Waals surface area contributed by atoms with Crippen LogP contribution in [0, 0.1) is 12.8 Å². The molecule has 0 aliphatic rings. The number of aryl methyl sites for hydroxylation is 1. The Morgan fingerprint density at radius 3 is 2.65 bits per heavy atom. The number of carbonyl (C=O) groups excluding carboxylic acids is 1. The van der Waals surface area contributed by atoms with E-state index in [2.05, 4.69) is 5.48 Å². The van der Waals surface area contributed by atoms with Crippen molar-refractivity contribution in [2.45, 2.75) is 27.2 Å². The Labute approximate surface area is 102 Å². The molecule has 0 aliphatic heterocycles. The van der Waals surface area contributed by atoms with Crippen LogP contribution in [0.25, 0.3) is 0 Å². The molecule has 0 aromatic heterocycles. The first kappa shape index (κ1) is 13.4. The number of hydroxylamine groups is 1. The number of hydrogen-bond donors (Lipinski definition) is 1. The minimum Gasteiger partial charge on any atom is -0.493 e. The molecular weight excluding hydrogens is 218 g/mol. The Morgan fingerprint density at radius 1 is 1.35 bits per heavy atom. The van der Waals surface area contributed by atoms with Gasteiger partial charge in [-0.2, -0.15) is 5.48 Å². The molecule has 94 valence electrons. The fraction of sp³-hybridized carbons (Fsp3) is 0.462. The van der Waals surface area contributed by atoms with Crippen LogP contribution in [-0.4, -0.2) is 13.0 Å². The predicted octanol–water partition coefficient (Wildman–Crippen LogP) is 2.46. The normalized spacial score (nSPS) is 10.2. The van der Waals surface area contributed by atoms with Crippen LogP contribution in [0.3, 0.4) is 0 Å². The number of nitrogens with one attached hydrogen (secondary N) is 1. The van der Waals surface area contributed by atoms with Crippen LogP contribution in [0.2, 0.25) is 0 Å². The zero-order valence-electron chi connectivity index (χ0n) is 10.7. The van der Waals surface area contributed by atoms with E-state index in [-0.39, 0.29) is 5.91 Å². The molecule has 0 saturated carbocycles. The van der Waals surface area contributed by atoms with Crippen molar-refractivity contribution < 1.29 is 14.4 Å². The first-order chi connectivity index (χ1) is 8.02. The Hall–Kier alpha value is -1.71. The molecule has 4 nitrogen and oxygen atoms in total. The SMILES string of the molecule is COc1cc(C)ccc1ONC(=O)CC(C)C. The Bertz CT molecular complexity index is 388. The summed E-state index contributed by atoms with van der Waals surface area (Å²) in [4.78, 5) is 16.6. The van der Waals surface area contributed by atoms with E-state index in [1.807, 2.05) is 32.9 Å². The molecule has 1 N–H and O–H groups in total. The van der Waals surface area contributed by atoms with Crippen molar-refractivity contribution in [2.24, 2.45) is 5.92 Å². The minimum atomic E-state index is -0.136. The summed E-state index contributed by atoms with van der Waals surface area (Å²) >= 11 is 0. The van der Waals surface area contributed by atoms with Crippen LogP contribution in [-0.2, 0) is 4.79 Å². The molecule has 0 unspecified atom stereocenters. The summed E-state index contributed by atoms with van der Waals surface area (Å²) in [6.45, 7) is 5.92. The van der Waals surface area contributed by atoms with Gasteiger partial charge in [0.2, 0.25) is 0 Å². The van der Waals surface area contributed by atoms with Crippen LogP contribution in [0.15, 0.2) is 18.2 Å². The van der Waals surface area contributed by atoms with E-state index in [4.69, 9.17) is 9.57 Å². The standard InChI is InChI=1S/C13H19NO3/c1-9(2)7-13(15)14-17-11-6-5-10(3)8-12(11)16-4/h5-6,8-9H,7H2,1-4H3,(H,14,15). The van der Waals surface area contributed by atoms with Gasteiger partial charge in [-0.15, -0.1) is 0 Å². The lowest BCUT2D eigenvalue weighted by molar-refractivity contribution is -0.128. The first-order valence-electron chi connectivity index (χ1n) is 5.63. The second-order valence-electron chi connectivity index (χ2n) is 4.38. The summed E-state index contributed by atoms with van der Waals surface area (Å²) in [6.07, 6.45) is 0.439. The molecule has 0 fully saturated rings. The predicted molar refractivity (Wildman–Crippen MR) is 66.0 cm³/mol. The van der Waals surface area contributed by atoms with Gasteiger partial charge in [0.15, 0.2) is 11.5 Å². The minimum absolute atomic E-state index is 0.136. The van der Waals surface area contributed by atoms with E-state index in [1.54, 1.807) is 13.2 Å². The molecule has 0 aliphatic carbocycles. The molecule has 4 heteroatoms. The number of ether oxygens (including phenoxy) is 1. The van der Waals surface area contributed by atoms with E-state index in [9.17, 15) is 4.79 Å². The number of rotatable bonds is 5. The van der Waals surface area contributed by atoms with Gasteiger partial charge < -0.3 is 9.57 Å². The Kier molecular flexibility index (Phi) is 4.82. The largest absolute Gasteiger partial charge is 0.493 e. The van der Waals surface area contributed by atoms with E-state index in [1.165, 1.54) is 0 Å². The molecule has 1 aromatic rings. The lowest BCUT2D eigenvalue weighted by Gasteiger charge is -2.11. The highest BCUT2D eigenvalue weighted by Gasteiger charge is 2.08. The second kappa shape index (κ2) is 6.13. The molecule has 0 saturated heterocycles. The van der Waals surface area contributed by atoms with Crippen molar-refractivity contribution in [3.8, 4) is 11.5 Å². The van der Waals surface area contributed by atoms with Crippen molar-refractivity contribution in [2.75, 3.05) is 7.11 Å². The molecule has 0 bridgehead atoms. The number of carbonyl (C=O) groups is 1. The van der Waals surface area contributed by atoms with E-state index < -0.39 is 0 Å². The Balaban J connectivity index is 2.60. The van der Waals surface area contributed by atoms with Crippen molar-refractivity contribution >= 4 is 5.91 Å². The van der Waals surface area contributed by atoms with Crippen molar-refractivity contribution in [1.29, 1.82) is 0 Å². The topological polar surface area (TPSA) is 47.6 Å². The summed E-state index contributed by atoms with van der Waals surface area (Å²) < 4.78 is 5.16. The van der Waals surface area contributed by atoms with E-state index in [0.29, 0.717) is 23.8 Å². The summed E-state index contributed by atoms with van der Waals surface area (Å²) in [5, 5.41) is 0. The molecule has 0 heterocycles. The summed E-state index contributed by atoms with van der Waals surface area (Å²) in [5.74, 6) is 1.28. The van der Waals surface area contributed by atoms with Gasteiger partial charge in [-0.3, -0.25) is 4.79 Å². The van der Waals surface area contributed by atoms with E-state index in [0.717, 1.165) is 5.56 Å². The summed E-state index contributed by atoms with van der Waals surface area (Å²) in [6, 6.07) is 5.51. The molecule has 1 aromatic carbocycles. The molecule has 1 amide bonds. The highest BCUT2D eigenvalue weighted by molar-refractivity contribution is 5.75. The fourth-order valence-corrected chi connectivity index (χ4v) is 1.38. The maximum absolute atomic E-state index is 11.4. The van der Waals surface area contributed by atoms with Crippen LogP contribution in [0.4, 0.5) is 0 Å². The lowest BCUT2D eigenvalue weighted by atomic mass is 10.1. The number of benzene rings is 1. The van der Waals surface area contributed by atoms with Crippen molar-refractivity contribution in [3.05, 3.63) is 23.8 Å². The number of methoxy groups -OCH3 is 1. The summed E-state index contributed by atoms with van der Waals surface area (Å²) in [7, 11) is 1.57. The van der Waals surface area contributed by atoms with Gasteiger partial charge in [0.1, 0.15) is 0 Å². The van der Waals surface area contributed by atoms with Crippen LogP contribution < -0.4 is 15.1 Å². The molecular formula is C13H19NO3. The molecule has 0 radical (unpaired) electrons. The molecule has 1 rings (SSSR count). The highest BCUT2D eigenvalue weighted by Crippen LogP contribution is 2.26. The third-order valence-electron chi connectivity index (χ3n) is 2.19. The third kappa shape index (κ3) is 4.34. The quantitative estimate of drug-likeness (QED) is 0.800.